The summed E-state index contributed by atoms with van der Waals surface area (Å²) in [5.74, 6) is 0.763. The van der Waals surface area contributed by atoms with Gasteiger partial charge in [0.2, 0.25) is 0 Å². The molecule has 0 radical (unpaired) electrons. The highest BCUT2D eigenvalue weighted by Gasteiger charge is 2.09. The van der Waals surface area contributed by atoms with E-state index in [-0.39, 0.29) is 5.92 Å². The van der Waals surface area contributed by atoms with Crippen LogP contribution in [0, 0.1) is 3.57 Å². The van der Waals surface area contributed by atoms with E-state index in [0.29, 0.717) is 6.61 Å². The molecule has 0 N–H and O–H groups in total. The summed E-state index contributed by atoms with van der Waals surface area (Å²) in [5.41, 5.74) is 1.03. The maximum absolute atomic E-state index is 10.7. The minimum atomic E-state index is -0.0673. The molecule has 0 aliphatic rings. The average Bonchev–Trinajstić information content (AvgIpc) is 2.20. The van der Waals surface area contributed by atoms with Crippen LogP contribution < -0.4 is 4.74 Å². The molecule has 0 amide bonds. The quantitative estimate of drug-likeness (QED) is 0.631. The molecule has 1 atom stereocenters. The highest BCUT2D eigenvalue weighted by atomic mass is 127. The second-order valence-corrected chi connectivity index (χ2v) is 4.20. The number of halogens is 1. The number of carbonyl (C=O) groups is 1. The molecule has 0 saturated heterocycles. The van der Waals surface area contributed by atoms with E-state index in [1.165, 1.54) is 0 Å². The number of benzene rings is 1. The van der Waals surface area contributed by atoms with Crippen LogP contribution in [-0.2, 0) is 4.79 Å². The first-order valence-electron chi connectivity index (χ1n) is 4.56. The summed E-state index contributed by atoms with van der Waals surface area (Å²) in [6.07, 6.45) is 0.952. The molecular weight excluding hydrogens is 291 g/mol. The zero-order valence-electron chi connectivity index (χ0n) is 8.29. The smallest absolute Gasteiger partial charge is 0.127 e. The van der Waals surface area contributed by atoms with E-state index in [0.717, 1.165) is 21.2 Å². The zero-order valence-corrected chi connectivity index (χ0v) is 10.4. The van der Waals surface area contributed by atoms with Crippen molar-refractivity contribution in [2.75, 3.05) is 6.61 Å². The van der Waals surface area contributed by atoms with Gasteiger partial charge in [-0.25, -0.2) is 0 Å². The van der Waals surface area contributed by atoms with E-state index in [1.54, 1.807) is 0 Å². The van der Waals surface area contributed by atoms with Crippen molar-refractivity contribution >= 4 is 28.9 Å². The molecule has 0 heterocycles. The molecule has 76 valence electrons. The lowest BCUT2D eigenvalue weighted by Crippen LogP contribution is -1.99. The van der Waals surface area contributed by atoms with Crippen LogP contribution in [0.2, 0.25) is 0 Å². The molecule has 1 rings (SSSR count). The molecule has 1 aromatic rings. The average molecular weight is 304 g/mol. The normalized spacial score (nSPS) is 12.2. The third-order valence-electron chi connectivity index (χ3n) is 1.97. The number of carbonyl (C=O) groups excluding carboxylic acids is 1. The highest BCUT2D eigenvalue weighted by molar-refractivity contribution is 14.1. The van der Waals surface area contributed by atoms with Gasteiger partial charge in [-0.05, 0) is 53.3 Å². The Morgan fingerprint density at radius 3 is 2.86 bits per heavy atom. The Balaban J connectivity index is 3.01. The van der Waals surface area contributed by atoms with Crippen LogP contribution in [0.1, 0.15) is 25.3 Å². The van der Waals surface area contributed by atoms with E-state index in [9.17, 15) is 4.79 Å². The molecule has 0 aliphatic heterocycles. The second kappa shape index (κ2) is 5.34. The Morgan fingerprint density at radius 1 is 1.57 bits per heavy atom. The SMILES string of the molecule is CCOc1ccc(I)c(C(C)C=O)c1. The lowest BCUT2D eigenvalue weighted by Gasteiger charge is -2.10. The summed E-state index contributed by atoms with van der Waals surface area (Å²) in [5, 5.41) is 0. The first-order valence-corrected chi connectivity index (χ1v) is 5.64. The van der Waals surface area contributed by atoms with Crippen molar-refractivity contribution in [3.63, 3.8) is 0 Å². The molecule has 0 fully saturated rings. The minimum Gasteiger partial charge on any atom is -0.494 e. The molecule has 0 bridgehead atoms. The molecule has 0 spiro atoms. The van der Waals surface area contributed by atoms with E-state index in [1.807, 2.05) is 32.0 Å². The van der Waals surface area contributed by atoms with E-state index in [4.69, 9.17) is 4.74 Å². The van der Waals surface area contributed by atoms with Gasteiger partial charge in [0.05, 0.1) is 6.61 Å². The lowest BCUT2D eigenvalue weighted by atomic mass is 10.0. The van der Waals surface area contributed by atoms with Crippen LogP contribution in [0.5, 0.6) is 5.75 Å². The van der Waals surface area contributed by atoms with Crippen LogP contribution >= 0.6 is 22.6 Å². The van der Waals surface area contributed by atoms with Crippen molar-refractivity contribution < 1.29 is 9.53 Å². The van der Waals surface area contributed by atoms with Gasteiger partial charge in [-0.1, -0.05) is 6.92 Å². The van der Waals surface area contributed by atoms with E-state index < -0.39 is 0 Å². The number of hydrogen-bond acceptors (Lipinski definition) is 2. The van der Waals surface area contributed by atoms with Gasteiger partial charge in [0, 0.05) is 9.49 Å². The topological polar surface area (TPSA) is 26.3 Å². The minimum absolute atomic E-state index is 0.0673. The van der Waals surface area contributed by atoms with Gasteiger partial charge in [-0.3, -0.25) is 0 Å². The van der Waals surface area contributed by atoms with Gasteiger partial charge < -0.3 is 9.53 Å². The summed E-state index contributed by atoms with van der Waals surface area (Å²) in [7, 11) is 0. The van der Waals surface area contributed by atoms with Crippen molar-refractivity contribution in [3.05, 3.63) is 27.3 Å². The molecule has 2 nitrogen and oxygen atoms in total. The molecular formula is C11H13IO2. The first-order chi connectivity index (χ1) is 6.69. The monoisotopic (exact) mass is 304 g/mol. The fraction of sp³-hybridized carbons (Fsp3) is 0.364. The van der Waals surface area contributed by atoms with Crippen LogP contribution in [0.3, 0.4) is 0 Å². The van der Waals surface area contributed by atoms with E-state index in [2.05, 4.69) is 22.6 Å². The molecule has 1 unspecified atom stereocenters. The first kappa shape index (κ1) is 11.5. The van der Waals surface area contributed by atoms with Gasteiger partial charge >= 0.3 is 0 Å². The van der Waals surface area contributed by atoms with Crippen LogP contribution in [-0.4, -0.2) is 12.9 Å². The summed E-state index contributed by atoms with van der Waals surface area (Å²) < 4.78 is 6.48. The van der Waals surface area contributed by atoms with Gasteiger partial charge in [0.25, 0.3) is 0 Å². The standard InChI is InChI=1S/C11H13IO2/c1-3-14-9-4-5-11(12)10(6-9)8(2)7-13/h4-8H,3H2,1-2H3. The zero-order chi connectivity index (χ0) is 10.6. The van der Waals surface area contributed by atoms with Crippen molar-refractivity contribution in [2.45, 2.75) is 19.8 Å². The second-order valence-electron chi connectivity index (χ2n) is 3.04. The molecule has 0 aliphatic carbocycles. The number of ether oxygens (including phenoxy) is 1. The Hall–Kier alpha value is -0.580. The Kier molecular flexibility index (Phi) is 4.38. The molecule has 0 saturated carbocycles. The maximum Gasteiger partial charge on any atom is 0.127 e. The summed E-state index contributed by atoms with van der Waals surface area (Å²) >= 11 is 2.23. The van der Waals surface area contributed by atoms with Gasteiger partial charge in [-0.2, -0.15) is 0 Å². The molecule has 3 heteroatoms. The van der Waals surface area contributed by atoms with Gasteiger partial charge in [-0.15, -0.1) is 0 Å². The summed E-state index contributed by atoms with van der Waals surface area (Å²) in [6, 6.07) is 5.83. The van der Waals surface area contributed by atoms with E-state index >= 15 is 0 Å². The van der Waals surface area contributed by atoms with Crippen LogP contribution in [0.25, 0.3) is 0 Å². The fourth-order valence-corrected chi connectivity index (χ4v) is 2.03. The Bertz CT molecular complexity index is 323. The largest absolute Gasteiger partial charge is 0.494 e. The number of rotatable bonds is 4. The van der Waals surface area contributed by atoms with Crippen molar-refractivity contribution in [3.8, 4) is 5.75 Å². The van der Waals surface area contributed by atoms with Gasteiger partial charge in [0.1, 0.15) is 12.0 Å². The third kappa shape index (κ3) is 2.70. The Morgan fingerprint density at radius 2 is 2.29 bits per heavy atom. The fourth-order valence-electron chi connectivity index (χ4n) is 1.20. The van der Waals surface area contributed by atoms with Crippen LogP contribution in [0.4, 0.5) is 0 Å². The van der Waals surface area contributed by atoms with Crippen molar-refractivity contribution in [1.82, 2.24) is 0 Å². The maximum atomic E-state index is 10.7. The lowest BCUT2D eigenvalue weighted by molar-refractivity contribution is -0.108. The number of aldehydes is 1. The molecule has 1 aromatic carbocycles. The van der Waals surface area contributed by atoms with Crippen molar-refractivity contribution in [2.24, 2.45) is 0 Å². The van der Waals surface area contributed by atoms with Crippen molar-refractivity contribution in [1.29, 1.82) is 0 Å². The summed E-state index contributed by atoms with van der Waals surface area (Å²) in [4.78, 5) is 10.7. The predicted molar refractivity (Wildman–Crippen MR) is 64.8 cm³/mol. The Labute approximate surface area is 97.8 Å². The predicted octanol–water partition coefficient (Wildman–Crippen LogP) is 2.99. The molecule has 14 heavy (non-hydrogen) atoms. The number of hydrogen-bond donors (Lipinski definition) is 0. The third-order valence-corrected chi connectivity index (χ3v) is 2.96. The summed E-state index contributed by atoms with van der Waals surface area (Å²) in [6.45, 7) is 4.48. The van der Waals surface area contributed by atoms with Crippen LogP contribution in [0.15, 0.2) is 18.2 Å². The molecule has 0 aromatic heterocycles. The highest BCUT2D eigenvalue weighted by Crippen LogP contribution is 2.25. The van der Waals surface area contributed by atoms with Gasteiger partial charge in [0.15, 0.2) is 0 Å².